The topological polar surface area (TPSA) is 58.5 Å². The predicted molar refractivity (Wildman–Crippen MR) is 87.5 cm³/mol. The first kappa shape index (κ1) is 18.9. The maximum atomic E-state index is 12.8. The fourth-order valence-electron chi connectivity index (χ4n) is 1.99. The van der Waals surface area contributed by atoms with Gasteiger partial charge in [0.2, 0.25) is 0 Å². The van der Waals surface area contributed by atoms with E-state index >= 15 is 0 Å². The molecule has 0 aromatic carbocycles. The van der Waals surface area contributed by atoms with Crippen molar-refractivity contribution >= 4 is 23.8 Å². The molecule has 5 nitrogen and oxygen atoms in total. The summed E-state index contributed by atoms with van der Waals surface area (Å²) in [4.78, 5) is 25.7. The minimum Gasteiger partial charge on any atom is -0.369 e. The Morgan fingerprint density at radius 3 is 2.56 bits per heavy atom. The lowest BCUT2D eigenvalue weighted by atomic mass is 9.98. The van der Waals surface area contributed by atoms with Gasteiger partial charge >= 0.3 is 6.18 Å². The highest BCUT2D eigenvalue weighted by Gasteiger charge is 2.34. The van der Waals surface area contributed by atoms with E-state index in [2.05, 4.69) is 15.0 Å². The molecular formula is C16H14ClF3N4O. The Balaban J connectivity index is 2.51. The molecule has 1 atom stereocenters. The van der Waals surface area contributed by atoms with Gasteiger partial charge in [-0.25, -0.2) is 4.99 Å². The summed E-state index contributed by atoms with van der Waals surface area (Å²) in [5, 5.41) is -0.279. The van der Waals surface area contributed by atoms with Crippen LogP contribution in [-0.4, -0.2) is 41.2 Å². The molecule has 0 fully saturated rings. The van der Waals surface area contributed by atoms with Crippen LogP contribution in [0.25, 0.3) is 0 Å². The number of halogens is 4. The molecule has 2 rings (SSSR count). The van der Waals surface area contributed by atoms with Crippen molar-refractivity contribution in [2.75, 3.05) is 14.1 Å². The minimum absolute atomic E-state index is 0.0331. The summed E-state index contributed by atoms with van der Waals surface area (Å²) in [6.45, 7) is 0. The van der Waals surface area contributed by atoms with E-state index in [-0.39, 0.29) is 16.4 Å². The maximum absolute atomic E-state index is 12.8. The summed E-state index contributed by atoms with van der Waals surface area (Å²) in [5.74, 6) is -1.74. The Bertz CT molecular complexity index is 779. The van der Waals surface area contributed by atoms with Crippen LogP contribution < -0.4 is 0 Å². The number of hydrogen-bond acceptors (Lipinski definition) is 3. The molecule has 132 valence electrons. The monoisotopic (exact) mass is 370 g/mol. The molecule has 25 heavy (non-hydrogen) atoms. The van der Waals surface area contributed by atoms with Crippen LogP contribution in [0, 0.1) is 0 Å². The van der Waals surface area contributed by atoms with Gasteiger partial charge in [0.05, 0.1) is 28.3 Å². The number of alkyl halides is 3. The molecule has 1 amide bonds. The zero-order valence-electron chi connectivity index (χ0n) is 13.3. The second-order valence-corrected chi connectivity index (χ2v) is 5.73. The van der Waals surface area contributed by atoms with E-state index in [4.69, 9.17) is 11.6 Å². The summed E-state index contributed by atoms with van der Waals surface area (Å²) in [6.07, 6.45) is -1.19. The van der Waals surface area contributed by atoms with E-state index in [9.17, 15) is 18.0 Å². The molecule has 0 spiro atoms. The smallest absolute Gasteiger partial charge is 0.369 e. The van der Waals surface area contributed by atoms with Crippen LogP contribution in [0.2, 0.25) is 5.02 Å². The van der Waals surface area contributed by atoms with Crippen LogP contribution in [0.3, 0.4) is 0 Å². The molecule has 0 unspecified atom stereocenters. The molecule has 2 aromatic heterocycles. The Hall–Kier alpha value is -2.48. The molecule has 0 aliphatic heterocycles. The van der Waals surface area contributed by atoms with E-state index in [1.807, 2.05) is 0 Å². The van der Waals surface area contributed by atoms with E-state index in [1.165, 1.54) is 12.5 Å². The predicted octanol–water partition coefficient (Wildman–Crippen LogP) is 3.40. The number of aromatic nitrogens is 2. The van der Waals surface area contributed by atoms with Crippen LogP contribution in [-0.2, 0) is 11.0 Å². The van der Waals surface area contributed by atoms with Crippen LogP contribution >= 0.6 is 11.6 Å². The molecule has 0 radical (unpaired) electrons. The van der Waals surface area contributed by atoms with E-state index in [1.54, 1.807) is 37.2 Å². The Labute approximate surface area is 147 Å². The van der Waals surface area contributed by atoms with Crippen molar-refractivity contribution in [1.29, 1.82) is 0 Å². The fraction of sp³-hybridized carbons (Fsp3) is 0.250. The van der Waals surface area contributed by atoms with E-state index < -0.39 is 23.6 Å². The van der Waals surface area contributed by atoms with Gasteiger partial charge in [-0.05, 0) is 18.2 Å². The summed E-state index contributed by atoms with van der Waals surface area (Å²) < 4.78 is 38.4. The number of nitrogens with zero attached hydrogens (tertiary/aromatic N) is 4. The van der Waals surface area contributed by atoms with Crippen LogP contribution in [0.15, 0.2) is 41.7 Å². The van der Waals surface area contributed by atoms with Gasteiger partial charge in [-0.15, -0.1) is 0 Å². The van der Waals surface area contributed by atoms with Crippen LogP contribution in [0.1, 0.15) is 22.9 Å². The number of carbonyl (C=O) groups is 1. The normalized spacial score (nSPS) is 13.0. The Morgan fingerprint density at radius 1 is 1.32 bits per heavy atom. The van der Waals surface area contributed by atoms with E-state index in [0.29, 0.717) is 6.20 Å². The number of rotatable bonds is 4. The van der Waals surface area contributed by atoms with Gasteiger partial charge < -0.3 is 4.90 Å². The van der Waals surface area contributed by atoms with Gasteiger partial charge in [0.25, 0.3) is 5.91 Å². The quantitative estimate of drug-likeness (QED) is 0.611. The lowest BCUT2D eigenvalue weighted by molar-refractivity contribution is -0.137. The molecule has 0 N–H and O–H groups in total. The lowest BCUT2D eigenvalue weighted by Gasteiger charge is -2.16. The zero-order valence-corrected chi connectivity index (χ0v) is 14.1. The summed E-state index contributed by atoms with van der Waals surface area (Å²) >= 11 is 5.98. The SMILES string of the molecule is CN(C)C=NC(=O)[C@@H](c1ccccn1)c1ncc(C(F)(F)F)cc1Cl. The van der Waals surface area contributed by atoms with Crippen molar-refractivity contribution in [2.24, 2.45) is 4.99 Å². The van der Waals surface area contributed by atoms with Crippen molar-refractivity contribution in [3.8, 4) is 0 Å². The van der Waals surface area contributed by atoms with Crippen molar-refractivity contribution in [1.82, 2.24) is 14.9 Å². The number of carbonyl (C=O) groups excluding carboxylic acids is 1. The summed E-state index contributed by atoms with van der Waals surface area (Å²) in [5.41, 5.74) is -0.739. The molecule has 0 bridgehead atoms. The van der Waals surface area contributed by atoms with Crippen molar-refractivity contribution in [2.45, 2.75) is 12.1 Å². The second kappa shape index (κ2) is 7.60. The third-order valence-electron chi connectivity index (χ3n) is 3.12. The molecule has 0 aliphatic carbocycles. The van der Waals surface area contributed by atoms with Gasteiger partial charge in [0.15, 0.2) is 0 Å². The van der Waals surface area contributed by atoms with E-state index in [0.717, 1.165) is 6.07 Å². The van der Waals surface area contributed by atoms with Crippen LogP contribution in [0.4, 0.5) is 13.2 Å². The zero-order chi connectivity index (χ0) is 18.6. The van der Waals surface area contributed by atoms with Gasteiger partial charge in [0, 0.05) is 26.5 Å². The van der Waals surface area contributed by atoms with Gasteiger partial charge in [-0.1, -0.05) is 17.7 Å². The minimum atomic E-state index is -4.58. The van der Waals surface area contributed by atoms with Gasteiger partial charge in [-0.3, -0.25) is 14.8 Å². The van der Waals surface area contributed by atoms with Crippen LogP contribution in [0.5, 0.6) is 0 Å². The molecule has 9 heteroatoms. The first-order chi connectivity index (χ1) is 11.7. The number of hydrogen-bond donors (Lipinski definition) is 0. The van der Waals surface area contributed by atoms with Gasteiger partial charge in [-0.2, -0.15) is 13.2 Å². The molecule has 0 aliphatic rings. The molecule has 0 saturated carbocycles. The molecule has 2 heterocycles. The first-order valence-corrected chi connectivity index (χ1v) is 7.46. The van der Waals surface area contributed by atoms with Crippen molar-refractivity contribution in [3.05, 3.63) is 58.6 Å². The molecule has 2 aromatic rings. The molecular weight excluding hydrogens is 357 g/mol. The first-order valence-electron chi connectivity index (χ1n) is 7.08. The number of pyridine rings is 2. The summed E-state index contributed by atoms with van der Waals surface area (Å²) in [7, 11) is 3.35. The fourth-order valence-corrected chi connectivity index (χ4v) is 2.27. The van der Waals surface area contributed by atoms with Crippen molar-refractivity contribution in [3.63, 3.8) is 0 Å². The third kappa shape index (κ3) is 4.76. The van der Waals surface area contributed by atoms with Crippen molar-refractivity contribution < 1.29 is 18.0 Å². The largest absolute Gasteiger partial charge is 0.417 e. The standard InChI is InChI=1S/C16H14ClF3N4O/c1-24(2)9-23-15(25)13(12-5-3-4-6-21-12)14-11(17)7-10(8-22-14)16(18,19)20/h3-9,13H,1-2H3/t13-/m0/s1. The highest BCUT2D eigenvalue weighted by atomic mass is 35.5. The number of amides is 1. The number of aliphatic imine (C=N–C) groups is 1. The molecule has 0 saturated heterocycles. The summed E-state index contributed by atoms with van der Waals surface area (Å²) in [6, 6.07) is 5.60. The lowest BCUT2D eigenvalue weighted by Crippen LogP contribution is -2.18. The Kier molecular flexibility index (Phi) is 5.73. The van der Waals surface area contributed by atoms with Gasteiger partial charge in [0.1, 0.15) is 5.92 Å². The average Bonchev–Trinajstić information content (AvgIpc) is 2.54. The second-order valence-electron chi connectivity index (χ2n) is 5.32. The Morgan fingerprint density at radius 2 is 2.04 bits per heavy atom. The third-order valence-corrected chi connectivity index (χ3v) is 3.42. The highest BCUT2D eigenvalue weighted by molar-refractivity contribution is 6.31. The average molecular weight is 371 g/mol. The highest BCUT2D eigenvalue weighted by Crippen LogP contribution is 2.34. The maximum Gasteiger partial charge on any atom is 0.417 e.